The molecule has 2 aromatic carbocycles. The van der Waals surface area contributed by atoms with E-state index in [1.807, 2.05) is 19.1 Å². The number of rotatable bonds is 6. The van der Waals surface area contributed by atoms with Crippen LogP contribution in [-0.2, 0) is 27.9 Å². The maximum atomic E-state index is 12.8. The van der Waals surface area contributed by atoms with Crippen LogP contribution < -0.4 is 4.74 Å². The number of hydrogen-bond donors (Lipinski definition) is 0. The second-order valence-electron chi connectivity index (χ2n) is 7.39. The molecule has 1 atom stereocenters. The Balaban J connectivity index is 1.41. The molecular weight excluding hydrogens is 459 g/mol. The Morgan fingerprint density at radius 2 is 2.00 bits per heavy atom. The first-order valence-electron chi connectivity index (χ1n) is 9.86. The summed E-state index contributed by atoms with van der Waals surface area (Å²) in [6.07, 6.45) is -3.66. The van der Waals surface area contributed by atoms with E-state index in [1.165, 1.54) is 30.6 Å². The van der Waals surface area contributed by atoms with Crippen molar-refractivity contribution in [3.05, 3.63) is 64.2 Å². The zero-order valence-corrected chi connectivity index (χ0v) is 19.0. The number of aryl methyl sites for hydroxylation is 1. The van der Waals surface area contributed by atoms with Gasteiger partial charge in [0, 0.05) is 27.5 Å². The summed E-state index contributed by atoms with van der Waals surface area (Å²) in [7, 11) is 1.36. The van der Waals surface area contributed by atoms with E-state index in [9.17, 15) is 18.0 Å². The lowest BCUT2D eigenvalue weighted by Crippen LogP contribution is -2.18. The highest BCUT2D eigenvalue weighted by atomic mass is 32.2. The number of esters is 1. The van der Waals surface area contributed by atoms with Gasteiger partial charge in [-0.25, -0.2) is 4.98 Å². The van der Waals surface area contributed by atoms with Crippen LogP contribution in [0.25, 0.3) is 10.6 Å². The smallest absolute Gasteiger partial charge is 0.416 e. The topological polar surface area (TPSA) is 48.4 Å². The molecule has 9 heteroatoms. The first-order chi connectivity index (χ1) is 15.2. The number of carbonyl (C=O) groups excluding carboxylic acids is 1. The van der Waals surface area contributed by atoms with Crippen molar-refractivity contribution in [3.63, 3.8) is 0 Å². The molecule has 3 aromatic rings. The first kappa shape index (κ1) is 22.7. The van der Waals surface area contributed by atoms with Crippen LogP contribution in [0.15, 0.2) is 47.4 Å². The number of thiazole rings is 1. The quantitative estimate of drug-likeness (QED) is 0.307. The highest BCUT2D eigenvalue weighted by Crippen LogP contribution is 2.37. The number of benzene rings is 2. The van der Waals surface area contributed by atoms with Gasteiger partial charge in [0.2, 0.25) is 0 Å². The van der Waals surface area contributed by atoms with Crippen molar-refractivity contribution in [2.24, 2.45) is 0 Å². The second-order valence-corrected chi connectivity index (χ2v) is 9.52. The monoisotopic (exact) mass is 479 g/mol. The summed E-state index contributed by atoms with van der Waals surface area (Å²) in [5.74, 6) is 1.21. The van der Waals surface area contributed by atoms with Gasteiger partial charge in [0.1, 0.15) is 16.9 Å². The first-order valence-corrected chi connectivity index (χ1v) is 11.7. The van der Waals surface area contributed by atoms with Gasteiger partial charge in [-0.1, -0.05) is 12.1 Å². The molecule has 1 aromatic heterocycles. The van der Waals surface area contributed by atoms with Gasteiger partial charge >= 0.3 is 12.1 Å². The molecule has 0 saturated carbocycles. The highest BCUT2D eigenvalue weighted by Gasteiger charge is 2.30. The molecule has 32 heavy (non-hydrogen) atoms. The summed E-state index contributed by atoms with van der Waals surface area (Å²) < 4.78 is 48.9. The maximum absolute atomic E-state index is 12.8. The van der Waals surface area contributed by atoms with Crippen molar-refractivity contribution in [3.8, 4) is 16.3 Å². The number of nitrogens with zero attached hydrogens (tertiary/aromatic N) is 1. The Morgan fingerprint density at radius 3 is 2.69 bits per heavy atom. The number of thioether (sulfide) groups is 1. The van der Waals surface area contributed by atoms with E-state index in [1.54, 1.807) is 11.8 Å². The lowest BCUT2D eigenvalue weighted by Gasteiger charge is -2.08. The van der Waals surface area contributed by atoms with E-state index in [4.69, 9.17) is 9.47 Å². The minimum absolute atomic E-state index is 0.201. The summed E-state index contributed by atoms with van der Waals surface area (Å²) in [6.45, 7) is 1.91. The van der Waals surface area contributed by atoms with Crippen molar-refractivity contribution in [2.75, 3.05) is 7.11 Å². The lowest BCUT2D eigenvalue weighted by molar-refractivity contribution is -0.142. The van der Waals surface area contributed by atoms with Crippen molar-refractivity contribution in [2.45, 2.75) is 42.7 Å². The van der Waals surface area contributed by atoms with Gasteiger partial charge in [-0.2, -0.15) is 13.2 Å². The fourth-order valence-corrected chi connectivity index (χ4v) is 5.58. The van der Waals surface area contributed by atoms with E-state index < -0.39 is 11.7 Å². The maximum Gasteiger partial charge on any atom is 0.416 e. The lowest BCUT2D eigenvalue weighted by atomic mass is 10.1. The van der Waals surface area contributed by atoms with Crippen molar-refractivity contribution < 1.29 is 27.4 Å². The van der Waals surface area contributed by atoms with Gasteiger partial charge in [-0.05, 0) is 42.8 Å². The third-order valence-electron chi connectivity index (χ3n) is 5.12. The fourth-order valence-electron chi connectivity index (χ4n) is 3.41. The molecule has 0 saturated heterocycles. The molecule has 1 unspecified atom stereocenters. The normalized spacial score (nSPS) is 15.3. The molecule has 0 fully saturated rings. The standard InChI is InChI=1S/C23H20F3NO3S2/c1-13-20(32-22(27-13)14-3-5-16(6-4-14)23(24,25)26)12-31-18-7-8-19-15(10-18)9-17(30-19)11-21(28)29-2/h3-8,10,17H,9,11-12H2,1-2H3. The van der Waals surface area contributed by atoms with Crippen LogP contribution in [0.1, 0.15) is 28.1 Å². The number of alkyl halides is 3. The predicted octanol–water partition coefficient (Wildman–Crippen LogP) is 6.30. The van der Waals surface area contributed by atoms with Gasteiger partial charge in [-0.15, -0.1) is 23.1 Å². The summed E-state index contributed by atoms with van der Waals surface area (Å²) in [4.78, 5) is 18.2. The molecule has 1 aliphatic heterocycles. The zero-order chi connectivity index (χ0) is 22.9. The third-order valence-corrected chi connectivity index (χ3v) is 7.53. The molecule has 2 heterocycles. The third kappa shape index (κ3) is 5.10. The Labute approximate surface area is 191 Å². The SMILES string of the molecule is COC(=O)CC1Cc2cc(SCc3sc(-c4ccc(C(F)(F)F)cc4)nc3C)ccc2O1. The average Bonchev–Trinajstić information content (AvgIpc) is 3.33. The Hall–Kier alpha value is -2.52. The van der Waals surface area contributed by atoms with Gasteiger partial charge < -0.3 is 9.47 Å². The van der Waals surface area contributed by atoms with E-state index in [2.05, 4.69) is 11.1 Å². The van der Waals surface area contributed by atoms with E-state index in [-0.39, 0.29) is 18.5 Å². The minimum Gasteiger partial charge on any atom is -0.489 e. The molecule has 0 aliphatic carbocycles. The summed E-state index contributed by atoms with van der Waals surface area (Å²) in [5, 5.41) is 0.708. The summed E-state index contributed by atoms with van der Waals surface area (Å²) in [6, 6.07) is 11.1. The number of fused-ring (bicyclic) bond motifs is 1. The van der Waals surface area contributed by atoms with Crippen LogP contribution in [0.2, 0.25) is 0 Å². The van der Waals surface area contributed by atoms with E-state index >= 15 is 0 Å². The largest absolute Gasteiger partial charge is 0.489 e. The number of hydrogen-bond acceptors (Lipinski definition) is 6. The highest BCUT2D eigenvalue weighted by molar-refractivity contribution is 7.98. The van der Waals surface area contributed by atoms with Crippen molar-refractivity contribution in [1.82, 2.24) is 4.98 Å². The minimum atomic E-state index is -4.35. The van der Waals surface area contributed by atoms with E-state index in [0.717, 1.165) is 38.9 Å². The molecule has 0 amide bonds. The molecule has 4 nitrogen and oxygen atoms in total. The zero-order valence-electron chi connectivity index (χ0n) is 17.4. The van der Waals surface area contributed by atoms with Crippen LogP contribution in [-0.4, -0.2) is 24.2 Å². The van der Waals surface area contributed by atoms with Gasteiger partial charge in [0.15, 0.2) is 0 Å². The number of halogens is 3. The summed E-state index contributed by atoms with van der Waals surface area (Å²) >= 11 is 3.15. The average molecular weight is 480 g/mol. The predicted molar refractivity (Wildman–Crippen MR) is 118 cm³/mol. The number of carbonyl (C=O) groups is 1. The van der Waals surface area contributed by atoms with Crippen molar-refractivity contribution in [1.29, 1.82) is 0 Å². The molecule has 0 N–H and O–H groups in total. The van der Waals surface area contributed by atoms with Crippen LogP contribution in [0.4, 0.5) is 13.2 Å². The number of aromatic nitrogens is 1. The van der Waals surface area contributed by atoms with Crippen LogP contribution in [0, 0.1) is 6.92 Å². The van der Waals surface area contributed by atoms with Gasteiger partial charge in [0.05, 0.1) is 24.8 Å². The molecule has 0 radical (unpaired) electrons. The molecular formula is C23H20F3NO3S2. The Morgan fingerprint density at radius 1 is 1.25 bits per heavy atom. The molecule has 0 spiro atoms. The fraction of sp³-hybridized carbons (Fsp3) is 0.304. The molecule has 1 aliphatic rings. The van der Waals surface area contributed by atoms with Crippen LogP contribution >= 0.6 is 23.1 Å². The van der Waals surface area contributed by atoms with E-state index in [0.29, 0.717) is 22.7 Å². The van der Waals surface area contributed by atoms with Crippen molar-refractivity contribution >= 4 is 29.1 Å². The van der Waals surface area contributed by atoms with Crippen LogP contribution in [0.3, 0.4) is 0 Å². The Bertz CT molecular complexity index is 1130. The molecule has 4 rings (SSSR count). The van der Waals surface area contributed by atoms with Gasteiger partial charge in [-0.3, -0.25) is 4.79 Å². The number of methoxy groups -OCH3 is 1. The summed E-state index contributed by atoms with van der Waals surface area (Å²) in [5.41, 5.74) is 1.95. The van der Waals surface area contributed by atoms with Gasteiger partial charge in [0.25, 0.3) is 0 Å². The second kappa shape index (κ2) is 9.15. The Kier molecular flexibility index (Phi) is 6.48. The molecule has 0 bridgehead atoms. The van der Waals surface area contributed by atoms with Crippen LogP contribution in [0.5, 0.6) is 5.75 Å². The number of ether oxygens (including phenoxy) is 2. The molecule has 168 valence electrons.